The Morgan fingerprint density at radius 3 is 2.10 bits per heavy atom. The number of carboxylic acid groups (broad SMARTS) is 1. The Hall–Kier alpha value is -1.14. The van der Waals surface area contributed by atoms with E-state index in [2.05, 4.69) is 0 Å². The molecule has 1 fully saturated rings. The summed E-state index contributed by atoms with van der Waals surface area (Å²) in [4.78, 5) is 23.2. The van der Waals surface area contributed by atoms with E-state index in [1.165, 1.54) is 5.06 Å². The molecule has 0 aromatic heterocycles. The van der Waals surface area contributed by atoms with Gasteiger partial charge in [-0.3, -0.25) is 9.59 Å². The molecule has 6 heteroatoms. The quantitative estimate of drug-likeness (QED) is 0.758. The molecule has 1 unspecified atom stereocenters. The third-order valence-corrected chi connectivity index (χ3v) is 4.25. The van der Waals surface area contributed by atoms with Gasteiger partial charge in [0, 0.05) is 11.1 Å². The van der Waals surface area contributed by atoms with Gasteiger partial charge in [0.25, 0.3) is 0 Å². The highest BCUT2D eigenvalue weighted by atomic mass is 16.5. The van der Waals surface area contributed by atoms with E-state index in [0.29, 0.717) is 12.8 Å². The first-order valence-corrected chi connectivity index (χ1v) is 7.39. The maximum Gasteiger partial charge on any atom is 0.307 e. The number of nitrogens with zero attached hydrogens (tertiary/aromatic N) is 1. The van der Waals surface area contributed by atoms with E-state index in [0.717, 1.165) is 0 Å². The van der Waals surface area contributed by atoms with Gasteiger partial charge in [0.15, 0.2) is 0 Å². The fourth-order valence-corrected chi connectivity index (χ4v) is 3.49. The van der Waals surface area contributed by atoms with Gasteiger partial charge >= 0.3 is 11.9 Å². The number of carboxylic acids is 1. The predicted octanol–water partition coefficient (Wildman–Crippen LogP) is 2.30. The number of carbonyl (C=O) groups excluding carboxylic acids is 1. The molecule has 0 spiro atoms. The molecule has 2 N–H and O–H groups in total. The molecular weight excluding hydrogens is 274 g/mol. The number of esters is 1. The summed E-state index contributed by atoms with van der Waals surface area (Å²) < 4.78 is 4.88. The van der Waals surface area contributed by atoms with E-state index in [4.69, 9.17) is 4.74 Å². The zero-order valence-corrected chi connectivity index (χ0v) is 13.5. The summed E-state index contributed by atoms with van der Waals surface area (Å²) in [7, 11) is 0. The van der Waals surface area contributed by atoms with E-state index in [1.54, 1.807) is 6.92 Å². The topological polar surface area (TPSA) is 87.1 Å². The Morgan fingerprint density at radius 1 is 1.24 bits per heavy atom. The average Bonchev–Trinajstić information content (AvgIpc) is 2.32. The zero-order chi connectivity index (χ0) is 16.4. The minimum absolute atomic E-state index is 0.120. The Labute approximate surface area is 126 Å². The Morgan fingerprint density at radius 2 is 1.71 bits per heavy atom. The van der Waals surface area contributed by atoms with Gasteiger partial charge in [0.05, 0.1) is 18.9 Å². The van der Waals surface area contributed by atoms with Crippen LogP contribution in [0.5, 0.6) is 0 Å². The van der Waals surface area contributed by atoms with Gasteiger partial charge in [0.2, 0.25) is 0 Å². The summed E-state index contributed by atoms with van der Waals surface area (Å²) in [6.07, 6.45) is 0.915. The third-order valence-electron chi connectivity index (χ3n) is 4.25. The van der Waals surface area contributed by atoms with Crippen LogP contribution in [0.25, 0.3) is 0 Å². The molecular formula is C15H27NO5. The molecule has 0 aromatic carbocycles. The molecule has 1 saturated heterocycles. The second-order valence-electron chi connectivity index (χ2n) is 7.06. The van der Waals surface area contributed by atoms with Gasteiger partial charge in [-0.2, -0.15) is 5.06 Å². The van der Waals surface area contributed by atoms with Crippen LogP contribution >= 0.6 is 0 Å². The van der Waals surface area contributed by atoms with Crippen molar-refractivity contribution < 1.29 is 24.6 Å². The van der Waals surface area contributed by atoms with Gasteiger partial charge in [-0.05, 0) is 53.4 Å². The Bertz CT molecular complexity index is 387. The highest BCUT2D eigenvalue weighted by Gasteiger charge is 2.48. The molecule has 1 atom stereocenters. The number of hydrogen-bond donors (Lipinski definition) is 2. The highest BCUT2D eigenvalue weighted by Crippen LogP contribution is 2.43. The molecule has 6 nitrogen and oxygen atoms in total. The van der Waals surface area contributed by atoms with E-state index in [9.17, 15) is 19.9 Å². The van der Waals surface area contributed by atoms with Crippen LogP contribution in [0.1, 0.15) is 53.9 Å². The molecule has 21 heavy (non-hydrogen) atoms. The van der Waals surface area contributed by atoms with E-state index in [-0.39, 0.29) is 18.9 Å². The summed E-state index contributed by atoms with van der Waals surface area (Å²) in [6.45, 7) is 9.46. The SMILES string of the molecule is CCOC(=O)CC(C(=O)O)C1CC(C)(C)N(O)C(C)(C)C1. The molecule has 0 radical (unpaired) electrons. The van der Waals surface area contributed by atoms with Crippen LogP contribution in [0.3, 0.4) is 0 Å². The molecule has 0 aliphatic carbocycles. The van der Waals surface area contributed by atoms with Crippen LogP contribution in [0.2, 0.25) is 0 Å². The maximum atomic E-state index is 11.6. The normalized spacial score (nSPS) is 23.5. The maximum absolute atomic E-state index is 11.6. The van der Waals surface area contributed by atoms with Crippen molar-refractivity contribution in [1.82, 2.24) is 5.06 Å². The molecule has 1 aliphatic heterocycles. The molecule has 1 rings (SSSR count). The minimum atomic E-state index is -0.981. The van der Waals surface area contributed by atoms with Crippen LogP contribution in [-0.2, 0) is 14.3 Å². The lowest BCUT2D eigenvalue weighted by Crippen LogP contribution is -2.60. The van der Waals surface area contributed by atoms with Crippen molar-refractivity contribution in [2.45, 2.75) is 65.0 Å². The Kier molecular flexibility index (Phi) is 5.39. The number of piperidine rings is 1. The lowest BCUT2D eigenvalue weighted by molar-refractivity contribution is -0.254. The molecule has 0 bridgehead atoms. The van der Waals surface area contributed by atoms with Crippen molar-refractivity contribution in [2.24, 2.45) is 11.8 Å². The van der Waals surface area contributed by atoms with Gasteiger partial charge in [-0.15, -0.1) is 0 Å². The second kappa shape index (κ2) is 6.32. The predicted molar refractivity (Wildman–Crippen MR) is 76.9 cm³/mol. The first-order chi connectivity index (χ1) is 9.51. The van der Waals surface area contributed by atoms with Crippen molar-refractivity contribution in [3.8, 4) is 0 Å². The first kappa shape index (κ1) is 17.9. The van der Waals surface area contributed by atoms with E-state index < -0.39 is 28.9 Å². The van der Waals surface area contributed by atoms with Gasteiger partial charge < -0.3 is 15.1 Å². The molecule has 1 aliphatic rings. The Balaban J connectivity index is 2.93. The monoisotopic (exact) mass is 301 g/mol. The molecule has 1 heterocycles. The smallest absolute Gasteiger partial charge is 0.307 e. The number of hydrogen-bond acceptors (Lipinski definition) is 5. The van der Waals surface area contributed by atoms with E-state index in [1.807, 2.05) is 27.7 Å². The summed E-state index contributed by atoms with van der Waals surface area (Å²) in [5, 5.41) is 21.0. The molecule has 122 valence electrons. The summed E-state index contributed by atoms with van der Waals surface area (Å²) >= 11 is 0. The van der Waals surface area contributed by atoms with Gasteiger partial charge in [-0.25, -0.2) is 0 Å². The van der Waals surface area contributed by atoms with Gasteiger partial charge in [-0.1, -0.05) is 0 Å². The van der Waals surface area contributed by atoms with Crippen LogP contribution in [0, 0.1) is 11.8 Å². The van der Waals surface area contributed by atoms with Crippen LogP contribution < -0.4 is 0 Å². The van der Waals surface area contributed by atoms with Crippen molar-refractivity contribution in [1.29, 1.82) is 0 Å². The summed E-state index contributed by atoms with van der Waals surface area (Å²) in [6, 6.07) is 0. The number of rotatable bonds is 5. The number of aliphatic carboxylic acids is 1. The number of hydroxylamine groups is 2. The third kappa shape index (κ3) is 4.17. The van der Waals surface area contributed by atoms with Crippen LogP contribution in [-0.4, -0.2) is 45.0 Å². The summed E-state index contributed by atoms with van der Waals surface area (Å²) in [5.74, 6) is -2.42. The van der Waals surface area contributed by atoms with Crippen molar-refractivity contribution in [3.05, 3.63) is 0 Å². The summed E-state index contributed by atoms with van der Waals surface area (Å²) in [5.41, 5.74) is -1.07. The average molecular weight is 301 g/mol. The van der Waals surface area contributed by atoms with Crippen LogP contribution in [0.4, 0.5) is 0 Å². The first-order valence-electron chi connectivity index (χ1n) is 7.39. The molecule has 0 aromatic rings. The number of carbonyl (C=O) groups is 2. The van der Waals surface area contributed by atoms with Crippen molar-refractivity contribution in [2.75, 3.05) is 6.61 Å². The lowest BCUT2D eigenvalue weighted by Gasteiger charge is -2.52. The molecule has 0 saturated carbocycles. The number of ether oxygens (including phenoxy) is 1. The van der Waals surface area contributed by atoms with E-state index >= 15 is 0 Å². The fourth-order valence-electron chi connectivity index (χ4n) is 3.49. The fraction of sp³-hybridized carbons (Fsp3) is 0.867. The second-order valence-corrected chi connectivity index (χ2v) is 7.06. The standard InChI is InChI=1S/C15H27NO5/c1-6-21-12(17)7-11(13(18)19)10-8-14(2,3)16(20)15(4,5)9-10/h10-11,20H,6-9H2,1-5H3,(H,18,19). The van der Waals surface area contributed by atoms with Gasteiger partial charge in [0.1, 0.15) is 0 Å². The van der Waals surface area contributed by atoms with Crippen molar-refractivity contribution in [3.63, 3.8) is 0 Å². The van der Waals surface area contributed by atoms with Crippen molar-refractivity contribution >= 4 is 11.9 Å². The zero-order valence-electron chi connectivity index (χ0n) is 13.5. The lowest BCUT2D eigenvalue weighted by atomic mass is 9.69. The molecule has 0 amide bonds. The van der Waals surface area contributed by atoms with Crippen LogP contribution in [0.15, 0.2) is 0 Å². The largest absolute Gasteiger partial charge is 0.481 e. The minimum Gasteiger partial charge on any atom is -0.481 e. The highest BCUT2D eigenvalue weighted by molar-refractivity contribution is 5.79.